The molecule has 0 aliphatic carbocycles. The lowest BCUT2D eigenvalue weighted by molar-refractivity contribution is -0.128. The molecule has 2 amide bonds. The zero-order valence-electron chi connectivity index (χ0n) is 10.3. The van der Waals surface area contributed by atoms with Gasteiger partial charge < -0.3 is 4.90 Å². The van der Waals surface area contributed by atoms with Crippen LogP contribution in [0.2, 0.25) is 0 Å². The molecule has 18 heavy (non-hydrogen) atoms. The molecule has 0 radical (unpaired) electrons. The van der Waals surface area contributed by atoms with Crippen molar-refractivity contribution in [1.29, 1.82) is 0 Å². The Balaban J connectivity index is 2.02. The summed E-state index contributed by atoms with van der Waals surface area (Å²) >= 11 is 0. The number of hydrogen-bond acceptors (Lipinski definition) is 3. The molecule has 0 aromatic heterocycles. The van der Waals surface area contributed by atoms with Crippen LogP contribution in [-0.2, 0) is 11.3 Å². The van der Waals surface area contributed by atoms with E-state index in [-0.39, 0.29) is 11.8 Å². The molecule has 96 valence electrons. The quantitative estimate of drug-likeness (QED) is 0.468. The maximum Gasteiger partial charge on any atom is 0.265 e. The molecule has 5 heteroatoms. The van der Waals surface area contributed by atoms with Gasteiger partial charge in [0.05, 0.1) is 0 Å². The summed E-state index contributed by atoms with van der Waals surface area (Å²) in [7, 11) is 0. The normalized spacial score (nSPS) is 19.1. The SMILES string of the molecule is CC1CC(=O)N(Cc2ccc(C(=O)NN)cc2)C1. The van der Waals surface area contributed by atoms with E-state index in [0.717, 1.165) is 12.1 Å². The van der Waals surface area contributed by atoms with Gasteiger partial charge in [0.2, 0.25) is 5.91 Å². The van der Waals surface area contributed by atoms with Crippen molar-refractivity contribution in [3.8, 4) is 0 Å². The number of nitrogen functional groups attached to an aromatic ring is 1. The zero-order chi connectivity index (χ0) is 13.1. The lowest BCUT2D eigenvalue weighted by Gasteiger charge is -2.16. The number of hydrogen-bond donors (Lipinski definition) is 2. The topological polar surface area (TPSA) is 75.4 Å². The molecule has 1 aliphatic heterocycles. The third-order valence-electron chi connectivity index (χ3n) is 3.13. The first-order valence-electron chi connectivity index (χ1n) is 5.98. The van der Waals surface area contributed by atoms with E-state index in [2.05, 4.69) is 12.3 Å². The average molecular weight is 247 g/mol. The Labute approximate surface area is 106 Å². The third-order valence-corrected chi connectivity index (χ3v) is 3.13. The highest BCUT2D eigenvalue weighted by molar-refractivity contribution is 5.93. The standard InChI is InChI=1S/C13H17N3O2/c1-9-6-12(17)16(7-9)8-10-2-4-11(5-3-10)13(18)15-14/h2-5,9H,6-8,14H2,1H3,(H,15,18). The molecule has 5 nitrogen and oxygen atoms in total. The summed E-state index contributed by atoms with van der Waals surface area (Å²) in [6.45, 7) is 3.49. The van der Waals surface area contributed by atoms with E-state index in [1.165, 1.54) is 0 Å². The minimum absolute atomic E-state index is 0.200. The zero-order valence-corrected chi connectivity index (χ0v) is 10.3. The van der Waals surface area contributed by atoms with Crippen molar-refractivity contribution in [2.24, 2.45) is 11.8 Å². The molecule has 0 bridgehead atoms. The molecular weight excluding hydrogens is 230 g/mol. The lowest BCUT2D eigenvalue weighted by Crippen LogP contribution is -2.30. The largest absolute Gasteiger partial charge is 0.338 e. The summed E-state index contributed by atoms with van der Waals surface area (Å²) in [6.07, 6.45) is 0.633. The first-order chi connectivity index (χ1) is 8.60. The number of amides is 2. The number of likely N-dealkylation sites (tertiary alicyclic amines) is 1. The Morgan fingerprint density at radius 2 is 2.11 bits per heavy atom. The number of nitrogens with zero attached hydrogens (tertiary/aromatic N) is 1. The molecule has 1 aromatic carbocycles. The maximum atomic E-state index is 11.7. The number of hydrazine groups is 1. The summed E-state index contributed by atoms with van der Waals surface area (Å²) in [5.74, 6) is 5.37. The molecule has 1 atom stereocenters. The third kappa shape index (κ3) is 2.68. The number of rotatable bonds is 3. The van der Waals surface area contributed by atoms with Gasteiger partial charge in [0.15, 0.2) is 0 Å². The van der Waals surface area contributed by atoms with E-state index in [1.54, 1.807) is 12.1 Å². The smallest absolute Gasteiger partial charge is 0.265 e. The number of nitrogens with two attached hydrogens (primary N) is 1. The maximum absolute atomic E-state index is 11.7. The number of carbonyl (C=O) groups excluding carboxylic acids is 2. The highest BCUT2D eigenvalue weighted by atomic mass is 16.2. The van der Waals surface area contributed by atoms with Crippen LogP contribution in [0.1, 0.15) is 29.3 Å². The van der Waals surface area contributed by atoms with Crippen molar-refractivity contribution in [1.82, 2.24) is 10.3 Å². The predicted molar refractivity (Wildman–Crippen MR) is 67.3 cm³/mol. The average Bonchev–Trinajstić information content (AvgIpc) is 2.68. The Bertz CT molecular complexity index is 456. The molecule has 0 spiro atoms. The van der Waals surface area contributed by atoms with Crippen molar-refractivity contribution < 1.29 is 9.59 Å². The minimum atomic E-state index is -0.313. The second kappa shape index (κ2) is 5.18. The second-order valence-electron chi connectivity index (χ2n) is 4.75. The van der Waals surface area contributed by atoms with E-state index < -0.39 is 0 Å². The van der Waals surface area contributed by atoms with Crippen LogP contribution in [0.4, 0.5) is 0 Å². The van der Waals surface area contributed by atoms with E-state index in [0.29, 0.717) is 24.4 Å². The molecule has 3 N–H and O–H groups in total. The first-order valence-corrected chi connectivity index (χ1v) is 5.98. The summed E-state index contributed by atoms with van der Waals surface area (Å²) in [5, 5.41) is 0. The highest BCUT2D eigenvalue weighted by Gasteiger charge is 2.26. The Kier molecular flexibility index (Phi) is 3.62. The molecule has 1 fully saturated rings. The van der Waals surface area contributed by atoms with Crippen LogP contribution in [-0.4, -0.2) is 23.3 Å². The van der Waals surface area contributed by atoms with Crippen molar-refractivity contribution in [3.63, 3.8) is 0 Å². The van der Waals surface area contributed by atoms with Gasteiger partial charge in [0, 0.05) is 25.1 Å². The Morgan fingerprint density at radius 3 is 2.61 bits per heavy atom. The molecule has 0 saturated carbocycles. The van der Waals surface area contributed by atoms with Crippen LogP contribution in [0.5, 0.6) is 0 Å². The summed E-state index contributed by atoms with van der Waals surface area (Å²) in [4.78, 5) is 24.8. The van der Waals surface area contributed by atoms with Gasteiger partial charge in [0.1, 0.15) is 0 Å². The van der Waals surface area contributed by atoms with Gasteiger partial charge in [-0.25, -0.2) is 5.84 Å². The van der Waals surface area contributed by atoms with Crippen LogP contribution >= 0.6 is 0 Å². The van der Waals surface area contributed by atoms with E-state index >= 15 is 0 Å². The number of carbonyl (C=O) groups is 2. The first kappa shape index (κ1) is 12.6. The monoisotopic (exact) mass is 247 g/mol. The van der Waals surface area contributed by atoms with Gasteiger partial charge in [-0.3, -0.25) is 15.0 Å². The molecule has 2 rings (SSSR count). The fourth-order valence-corrected chi connectivity index (χ4v) is 2.19. The molecule has 1 aliphatic rings. The van der Waals surface area contributed by atoms with Crippen LogP contribution < -0.4 is 11.3 Å². The van der Waals surface area contributed by atoms with Crippen molar-refractivity contribution >= 4 is 11.8 Å². The lowest BCUT2D eigenvalue weighted by atomic mass is 10.1. The van der Waals surface area contributed by atoms with Crippen molar-refractivity contribution in [2.75, 3.05) is 6.54 Å². The van der Waals surface area contributed by atoms with Gasteiger partial charge in [-0.15, -0.1) is 0 Å². The Morgan fingerprint density at radius 1 is 1.44 bits per heavy atom. The molecule has 1 aromatic rings. The minimum Gasteiger partial charge on any atom is -0.338 e. The molecule has 1 heterocycles. The molecular formula is C13H17N3O2. The van der Waals surface area contributed by atoms with Crippen molar-refractivity contribution in [3.05, 3.63) is 35.4 Å². The fourth-order valence-electron chi connectivity index (χ4n) is 2.19. The van der Waals surface area contributed by atoms with Crippen molar-refractivity contribution in [2.45, 2.75) is 19.9 Å². The van der Waals surface area contributed by atoms with Gasteiger partial charge in [-0.1, -0.05) is 19.1 Å². The van der Waals surface area contributed by atoms with E-state index in [9.17, 15) is 9.59 Å². The van der Waals surface area contributed by atoms with Gasteiger partial charge >= 0.3 is 0 Å². The molecule has 1 unspecified atom stereocenters. The number of benzene rings is 1. The van der Waals surface area contributed by atoms with Crippen LogP contribution in [0, 0.1) is 5.92 Å². The van der Waals surface area contributed by atoms with Gasteiger partial charge in [0.25, 0.3) is 5.91 Å². The van der Waals surface area contributed by atoms with Crippen LogP contribution in [0.15, 0.2) is 24.3 Å². The highest BCUT2D eigenvalue weighted by Crippen LogP contribution is 2.19. The van der Waals surface area contributed by atoms with Gasteiger partial charge in [-0.05, 0) is 23.6 Å². The predicted octanol–water partition coefficient (Wildman–Crippen LogP) is 0.658. The number of nitrogens with one attached hydrogen (secondary N) is 1. The Hall–Kier alpha value is -1.88. The van der Waals surface area contributed by atoms with Gasteiger partial charge in [-0.2, -0.15) is 0 Å². The second-order valence-corrected chi connectivity index (χ2v) is 4.75. The summed E-state index contributed by atoms with van der Waals surface area (Å²) in [6, 6.07) is 7.12. The summed E-state index contributed by atoms with van der Waals surface area (Å²) < 4.78 is 0. The summed E-state index contributed by atoms with van der Waals surface area (Å²) in [5.41, 5.74) is 3.62. The van der Waals surface area contributed by atoms with E-state index in [1.807, 2.05) is 17.0 Å². The van der Waals surface area contributed by atoms with Crippen LogP contribution in [0.25, 0.3) is 0 Å². The van der Waals surface area contributed by atoms with Crippen LogP contribution in [0.3, 0.4) is 0 Å². The molecule has 1 saturated heterocycles. The fraction of sp³-hybridized carbons (Fsp3) is 0.385. The van der Waals surface area contributed by atoms with E-state index in [4.69, 9.17) is 5.84 Å².